The molecule has 0 spiro atoms. The Morgan fingerprint density at radius 2 is 0.840 bits per heavy atom. The maximum Gasteiger partial charge on any atom is 0.249 e. The first-order valence-corrected chi connectivity index (χ1v) is 21.7. The van der Waals surface area contributed by atoms with Crippen LogP contribution >= 0.6 is 0 Å². The average molecular weight is 708 g/mol. The molecule has 1 amide bonds. The molecule has 4 atom stereocenters. The highest BCUT2D eigenvalue weighted by atomic mass is 16.3. The molecule has 0 aromatic carbocycles. The smallest absolute Gasteiger partial charge is 0.249 e. The molecule has 0 fully saturated rings. The summed E-state index contributed by atoms with van der Waals surface area (Å²) in [5.74, 6) is -0.587. The maximum atomic E-state index is 12.5. The molecule has 0 saturated heterocycles. The van der Waals surface area contributed by atoms with E-state index in [0.717, 1.165) is 44.9 Å². The summed E-state index contributed by atoms with van der Waals surface area (Å²) in [5, 5.41) is 43.7. The van der Waals surface area contributed by atoms with Crippen molar-refractivity contribution in [2.24, 2.45) is 0 Å². The van der Waals surface area contributed by atoms with Crippen molar-refractivity contribution in [2.45, 2.75) is 244 Å². The Kier molecular flexibility index (Phi) is 38.1. The van der Waals surface area contributed by atoms with Crippen LogP contribution in [0, 0.1) is 0 Å². The largest absolute Gasteiger partial charge is 0.394 e. The summed E-state index contributed by atoms with van der Waals surface area (Å²) in [6.45, 7) is 4.02. The van der Waals surface area contributed by atoms with Gasteiger partial charge in [0.15, 0.2) is 0 Å². The molecule has 0 aromatic heterocycles. The fourth-order valence-electron chi connectivity index (χ4n) is 6.69. The summed E-state index contributed by atoms with van der Waals surface area (Å²) in [7, 11) is 0. The third-order valence-corrected chi connectivity index (χ3v) is 10.2. The minimum Gasteiger partial charge on any atom is -0.394 e. The molecule has 0 saturated carbocycles. The van der Waals surface area contributed by atoms with Crippen molar-refractivity contribution in [3.63, 3.8) is 0 Å². The van der Waals surface area contributed by atoms with Gasteiger partial charge in [-0.3, -0.25) is 4.79 Å². The molecule has 0 radical (unpaired) electrons. The molecule has 6 nitrogen and oxygen atoms in total. The summed E-state index contributed by atoms with van der Waals surface area (Å²) < 4.78 is 0. The third-order valence-electron chi connectivity index (χ3n) is 10.2. The van der Waals surface area contributed by atoms with E-state index in [1.807, 2.05) is 0 Å². The van der Waals surface area contributed by atoms with Gasteiger partial charge in [0.25, 0.3) is 0 Å². The topological polar surface area (TPSA) is 110 Å². The maximum absolute atomic E-state index is 12.5. The summed E-state index contributed by atoms with van der Waals surface area (Å²) in [6.07, 6.45) is 43.4. The number of carbonyl (C=O) groups is 1. The van der Waals surface area contributed by atoms with Crippen molar-refractivity contribution in [1.29, 1.82) is 0 Å². The third kappa shape index (κ3) is 32.7. The van der Waals surface area contributed by atoms with Crippen molar-refractivity contribution in [3.05, 3.63) is 24.3 Å². The fourth-order valence-corrected chi connectivity index (χ4v) is 6.69. The van der Waals surface area contributed by atoms with Gasteiger partial charge in [-0.2, -0.15) is 0 Å². The van der Waals surface area contributed by atoms with Crippen LogP contribution in [0.15, 0.2) is 24.3 Å². The Bertz CT molecular complexity index is 757. The van der Waals surface area contributed by atoms with E-state index in [1.54, 1.807) is 0 Å². The van der Waals surface area contributed by atoms with Crippen molar-refractivity contribution in [1.82, 2.24) is 5.32 Å². The van der Waals surface area contributed by atoms with Gasteiger partial charge in [-0.1, -0.05) is 205 Å². The van der Waals surface area contributed by atoms with E-state index in [2.05, 4.69) is 43.5 Å². The first-order valence-electron chi connectivity index (χ1n) is 21.7. The van der Waals surface area contributed by atoms with Crippen LogP contribution in [0.4, 0.5) is 0 Å². The average Bonchev–Trinajstić information content (AvgIpc) is 3.12. The van der Waals surface area contributed by atoms with Crippen LogP contribution in [0.2, 0.25) is 0 Å². The Morgan fingerprint density at radius 1 is 0.500 bits per heavy atom. The lowest BCUT2D eigenvalue weighted by atomic mass is 9.99. The zero-order chi connectivity index (χ0) is 36.8. The van der Waals surface area contributed by atoms with Crippen LogP contribution in [-0.4, -0.2) is 57.3 Å². The van der Waals surface area contributed by atoms with Gasteiger partial charge in [0.2, 0.25) is 5.91 Å². The normalized spacial score (nSPS) is 14.4. The first kappa shape index (κ1) is 48.8. The molecule has 296 valence electrons. The van der Waals surface area contributed by atoms with Gasteiger partial charge in [0, 0.05) is 0 Å². The first-order chi connectivity index (χ1) is 24.5. The Morgan fingerprint density at radius 3 is 1.26 bits per heavy atom. The van der Waals surface area contributed by atoms with E-state index in [9.17, 15) is 25.2 Å². The lowest BCUT2D eigenvalue weighted by Crippen LogP contribution is -2.53. The van der Waals surface area contributed by atoms with E-state index in [4.69, 9.17) is 0 Å². The second-order valence-corrected chi connectivity index (χ2v) is 15.1. The highest BCUT2D eigenvalue weighted by Crippen LogP contribution is 2.16. The summed E-state index contributed by atoms with van der Waals surface area (Å²) in [6, 6.07) is -0.985. The molecule has 50 heavy (non-hydrogen) atoms. The van der Waals surface area contributed by atoms with E-state index in [1.165, 1.54) is 148 Å². The van der Waals surface area contributed by atoms with Crippen LogP contribution in [-0.2, 0) is 4.79 Å². The summed E-state index contributed by atoms with van der Waals surface area (Å²) in [5.41, 5.74) is 0. The van der Waals surface area contributed by atoms with Crippen LogP contribution in [0.25, 0.3) is 0 Å². The SMILES string of the molecule is CCCCC/C=C\C=C/CCCCCCCCCCCC(O)C(=O)NC(CO)C(O)C(O)CCCCCCCCCCCCCCCCCC. The number of unbranched alkanes of at least 4 members (excludes halogenated alkanes) is 27. The molecule has 0 bridgehead atoms. The summed E-state index contributed by atoms with van der Waals surface area (Å²) >= 11 is 0. The van der Waals surface area contributed by atoms with Gasteiger partial charge in [-0.05, 0) is 38.5 Å². The predicted octanol–water partition coefficient (Wildman–Crippen LogP) is 11.2. The van der Waals surface area contributed by atoms with Crippen LogP contribution < -0.4 is 5.32 Å². The van der Waals surface area contributed by atoms with Gasteiger partial charge in [0.05, 0.1) is 18.8 Å². The van der Waals surface area contributed by atoms with Crippen molar-refractivity contribution in [3.8, 4) is 0 Å². The lowest BCUT2D eigenvalue weighted by Gasteiger charge is -2.27. The minimum atomic E-state index is -1.26. The number of nitrogens with one attached hydrogen (secondary N) is 1. The molecule has 6 heteroatoms. The van der Waals surface area contributed by atoms with Gasteiger partial charge in [-0.25, -0.2) is 0 Å². The molecular weight excluding hydrogens is 622 g/mol. The standard InChI is InChI=1S/C44H85NO5/c1-3-5-7-9-11-13-15-17-19-21-22-24-26-28-30-32-34-36-38-42(48)44(50)45-40(39-46)43(49)41(47)37-35-33-31-29-27-25-23-20-18-16-14-12-10-8-6-4-2/h11,13,15,17,40-43,46-49H,3-10,12,14,16,18-39H2,1-2H3,(H,45,50)/b13-11-,17-15-. The van der Waals surface area contributed by atoms with Gasteiger partial charge >= 0.3 is 0 Å². The summed E-state index contributed by atoms with van der Waals surface area (Å²) in [4.78, 5) is 12.5. The molecule has 0 rings (SSSR count). The van der Waals surface area contributed by atoms with Crippen LogP contribution in [0.5, 0.6) is 0 Å². The molecule has 5 N–H and O–H groups in total. The molecule has 0 aromatic rings. The van der Waals surface area contributed by atoms with Gasteiger partial charge in [-0.15, -0.1) is 0 Å². The number of hydrogen-bond donors (Lipinski definition) is 5. The highest BCUT2D eigenvalue weighted by molar-refractivity contribution is 5.80. The van der Waals surface area contributed by atoms with Crippen molar-refractivity contribution in [2.75, 3.05) is 6.61 Å². The lowest BCUT2D eigenvalue weighted by molar-refractivity contribution is -0.132. The van der Waals surface area contributed by atoms with Gasteiger partial charge in [0.1, 0.15) is 12.2 Å². The molecule has 0 heterocycles. The second-order valence-electron chi connectivity index (χ2n) is 15.1. The number of hydrogen-bond acceptors (Lipinski definition) is 5. The number of allylic oxidation sites excluding steroid dienone is 4. The molecule has 0 aliphatic heterocycles. The van der Waals surface area contributed by atoms with E-state index >= 15 is 0 Å². The van der Waals surface area contributed by atoms with Crippen LogP contribution in [0.1, 0.15) is 219 Å². The monoisotopic (exact) mass is 708 g/mol. The zero-order valence-electron chi connectivity index (χ0n) is 33.2. The molecule has 0 aliphatic carbocycles. The number of amides is 1. The number of aliphatic hydroxyl groups excluding tert-OH is 4. The van der Waals surface area contributed by atoms with Crippen LogP contribution in [0.3, 0.4) is 0 Å². The highest BCUT2D eigenvalue weighted by Gasteiger charge is 2.28. The van der Waals surface area contributed by atoms with Crippen molar-refractivity contribution < 1.29 is 25.2 Å². The predicted molar refractivity (Wildman–Crippen MR) is 214 cm³/mol. The quantitative estimate of drug-likeness (QED) is 0.0323. The number of aliphatic hydroxyl groups is 4. The fraction of sp³-hybridized carbons (Fsp3) is 0.886. The van der Waals surface area contributed by atoms with Gasteiger partial charge < -0.3 is 25.7 Å². The molecular formula is C44H85NO5. The van der Waals surface area contributed by atoms with E-state index in [0.29, 0.717) is 12.8 Å². The molecule has 4 unspecified atom stereocenters. The second kappa shape index (κ2) is 39.0. The van der Waals surface area contributed by atoms with Crippen molar-refractivity contribution >= 4 is 5.91 Å². The zero-order valence-corrected chi connectivity index (χ0v) is 33.2. The van der Waals surface area contributed by atoms with E-state index in [-0.39, 0.29) is 0 Å². The Hall–Kier alpha value is -1.21. The minimum absolute atomic E-state index is 0.364. The number of rotatable bonds is 39. The Labute approximate surface area is 310 Å². The number of carbonyl (C=O) groups excluding carboxylic acids is 1. The molecule has 0 aliphatic rings. The Balaban J connectivity index is 3.75. The van der Waals surface area contributed by atoms with E-state index < -0.39 is 36.9 Å².